The summed E-state index contributed by atoms with van der Waals surface area (Å²) < 4.78 is 16.6. The smallest absolute Gasteiger partial charge is 0.411 e. The van der Waals surface area contributed by atoms with Crippen molar-refractivity contribution < 1.29 is 28.6 Å². The molecular formula is C25H29NO6. The van der Waals surface area contributed by atoms with Crippen LogP contribution < -0.4 is 0 Å². The first-order chi connectivity index (χ1) is 15.2. The molecule has 0 saturated carbocycles. The second-order valence-electron chi connectivity index (χ2n) is 8.54. The predicted molar refractivity (Wildman–Crippen MR) is 118 cm³/mol. The van der Waals surface area contributed by atoms with Gasteiger partial charge in [0.15, 0.2) is 6.10 Å². The number of esters is 2. The van der Waals surface area contributed by atoms with Gasteiger partial charge in [0.05, 0.1) is 13.0 Å². The van der Waals surface area contributed by atoms with E-state index in [2.05, 4.69) is 0 Å². The molecule has 2 aromatic rings. The number of carbonyl (C=O) groups excluding carboxylic acids is 3. The van der Waals surface area contributed by atoms with E-state index in [1.807, 2.05) is 60.7 Å². The SMILES string of the molecule is CCOC(=O)C[C@@H]1C(=O)O[C@@H](c2ccccc2)[C@@H](c2ccccc2)N1C(=O)OC(C)(C)C. The number of morpholine rings is 1. The zero-order valence-electron chi connectivity index (χ0n) is 18.8. The number of ether oxygens (including phenoxy) is 3. The maximum atomic E-state index is 13.4. The minimum Gasteiger partial charge on any atom is -0.466 e. The van der Waals surface area contributed by atoms with E-state index in [1.54, 1.807) is 27.7 Å². The number of nitrogens with zero attached hydrogens (tertiary/aromatic N) is 1. The fourth-order valence-electron chi connectivity index (χ4n) is 3.71. The average molecular weight is 440 g/mol. The van der Waals surface area contributed by atoms with Gasteiger partial charge in [-0.3, -0.25) is 9.69 Å². The van der Waals surface area contributed by atoms with Gasteiger partial charge < -0.3 is 14.2 Å². The minimum atomic E-state index is -1.17. The summed E-state index contributed by atoms with van der Waals surface area (Å²) in [5, 5.41) is 0. The first-order valence-electron chi connectivity index (χ1n) is 10.7. The summed E-state index contributed by atoms with van der Waals surface area (Å²) in [6, 6.07) is 16.6. The van der Waals surface area contributed by atoms with Crippen molar-refractivity contribution in [2.75, 3.05) is 6.61 Å². The van der Waals surface area contributed by atoms with Gasteiger partial charge >= 0.3 is 18.0 Å². The normalized spacial score (nSPS) is 20.9. The van der Waals surface area contributed by atoms with Gasteiger partial charge in [-0.05, 0) is 38.8 Å². The largest absolute Gasteiger partial charge is 0.466 e. The first kappa shape index (κ1) is 23.3. The molecule has 7 heteroatoms. The van der Waals surface area contributed by atoms with E-state index in [9.17, 15) is 14.4 Å². The van der Waals surface area contributed by atoms with Crippen LogP contribution in [0.25, 0.3) is 0 Å². The van der Waals surface area contributed by atoms with Gasteiger partial charge in [-0.1, -0.05) is 60.7 Å². The van der Waals surface area contributed by atoms with Crippen molar-refractivity contribution in [2.24, 2.45) is 0 Å². The summed E-state index contributed by atoms with van der Waals surface area (Å²) in [5.74, 6) is -1.27. The highest BCUT2D eigenvalue weighted by atomic mass is 16.6. The predicted octanol–water partition coefficient (Wildman–Crippen LogP) is 4.58. The molecule has 1 heterocycles. The highest BCUT2D eigenvalue weighted by molar-refractivity contribution is 5.88. The van der Waals surface area contributed by atoms with Crippen LogP contribution in [0.1, 0.15) is 57.4 Å². The lowest BCUT2D eigenvalue weighted by Gasteiger charge is -2.45. The van der Waals surface area contributed by atoms with Gasteiger partial charge in [0.2, 0.25) is 0 Å². The molecule has 0 aromatic heterocycles. The quantitative estimate of drug-likeness (QED) is 0.501. The van der Waals surface area contributed by atoms with E-state index in [0.29, 0.717) is 0 Å². The molecule has 2 aromatic carbocycles. The summed E-state index contributed by atoms with van der Waals surface area (Å²) >= 11 is 0. The van der Waals surface area contributed by atoms with Crippen LogP contribution in [-0.4, -0.2) is 41.2 Å². The molecule has 1 saturated heterocycles. The topological polar surface area (TPSA) is 82.1 Å². The Kier molecular flexibility index (Phi) is 7.18. The lowest BCUT2D eigenvalue weighted by molar-refractivity contribution is -0.177. The summed E-state index contributed by atoms with van der Waals surface area (Å²) in [7, 11) is 0. The molecule has 0 bridgehead atoms. The lowest BCUT2D eigenvalue weighted by Crippen LogP contribution is -2.56. The molecule has 1 fully saturated rings. The molecule has 7 nitrogen and oxygen atoms in total. The monoisotopic (exact) mass is 439 g/mol. The molecular weight excluding hydrogens is 410 g/mol. The van der Waals surface area contributed by atoms with E-state index in [0.717, 1.165) is 11.1 Å². The first-order valence-corrected chi connectivity index (χ1v) is 10.7. The number of hydrogen-bond donors (Lipinski definition) is 0. The molecule has 1 aliphatic rings. The fourth-order valence-corrected chi connectivity index (χ4v) is 3.71. The summed E-state index contributed by atoms with van der Waals surface area (Å²) in [5.41, 5.74) is 0.697. The summed E-state index contributed by atoms with van der Waals surface area (Å²) in [6.07, 6.45) is -1.79. The minimum absolute atomic E-state index is 0.168. The van der Waals surface area contributed by atoms with Crippen molar-refractivity contribution in [1.29, 1.82) is 0 Å². The van der Waals surface area contributed by atoms with Crippen molar-refractivity contribution in [3.05, 3.63) is 71.8 Å². The van der Waals surface area contributed by atoms with Gasteiger partial charge in [0, 0.05) is 0 Å². The van der Waals surface area contributed by atoms with Gasteiger partial charge in [-0.15, -0.1) is 0 Å². The van der Waals surface area contributed by atoms with Crippen LogP contribution in [0.4, 0.5) is 4.79 Å². The van der Waals surface area contributed by atoms with Gasteiger partial charge in [-0.25, -0.2) is 9.59 Å². The second kappa shape index (κ2) is 9.85. The van der Waals surface area contributed by atoms with E-state index in [4.69, 9.17) is 14.2 Å². The van der Waals surface area contributed by atoms with Crippen LogP contribution in [-0.2, 0) is 23.8 Å². The Morgan fingerprint density at radius 3 is 2.06 bits per heavy atom. The summed E-state index contributed by atoms with van der Waals surface area (Å²) in [4.78, 5) is 40.1. The van der Waals surface area contributed by atoms with Gasteiger partial charge in [-0.2, -0.15) is 0 Å². The Labute approximate surface area is 188 Å². The third-order valence-electron chi connectivity index (χ3n) is 4.98. The van der Waals surface area contributed by atoms with Crippen LogP contribution in [0.15, 0.2) is 60.7 Å². The van der Waals surface area contributed by atoms with Gasteiger partial charge in [0.25, 0.3) is 0 Å². The Morgan fingerprint density at radius 1 is 0.969 bits per heavy atom. The molecule has 0 radical (unpaired) electrons. The van der Waals surface area contributed by atoms with Crippen molar-refractivity contribution in [1.82, 2.24) is 4.90 Å². The van der Waals surface area contributed by atoms with Crippen molar-refractivity contribution in [3.63, 3.8) is 0 Å². The third-order valence-corrected chi connectivity index (χ3v) is 4.98. The maximum Gasteiger partial charge on any atom is 0.411 e. The highest BCUT2D eigenvalue weighted by Crippen LogP contribution is 2.43. The van der Waals surface area contributed by atoms with Crippen molar-refractivity contribution >= 4 is 18.0 Å². The van der Waals surface area contributed by atoms with Crippen LogP contribution in [0.3, 0.4) is 0 Å². The number of amides is 1. The molecule has 0 unspecified atom stereocenters. The van der Waals surface area contributed by atoms with Crippen LogP contribution >= 0.6 is 0 Å². The average Bonchev–Trinajstić information content (AvgIpc) is 2.74. The van der Waals surface area contributed by atoms with Gasteiger partial charge in [0.1, 0.15) is 17.7 Å². The van der Waals surface area contributed by atoms with Crippen LogP contribution in [0.2, 0.25) is 0 Å². The number of carbonyl (C=O) groups is 3. The number of cyclic esters (lactones) is 1. The van der Waals surface area contributed by atoms with Crippen LogP contribution in [0.5, 0.6) is 0 Å². The maximum absolute atomic E-state index is 13.4. The van der Waals surface area contributed by atoms with E-state index in [-0.39, 0.29) is 13.0 Å². The van der Waals surface area contributed by atoms with Crippen molar-refractivity contribution in [3.8, 4) is 0 Å². The standard InChI is InChI=1S/C25H29NO6/c1-5-30-20(27)16-19-23(28)31-22(18-14-10-7-11-15-18)21(17-12-8-6-9-13-17)26(19)24(29)32-25(2,3)4/h6-15,19,21-22H,5,16H2,1-4H3/t19-,21-,22+/m1/s1. The molecule has 1 aliphatic heterocycles. The van der Waals surface area contributed by atoms with E-state index in [1.165, 1.54) is 4.90 Å². The third kappa shape index (κ3) is 5.46. The number of rotatable bonds is 5. The Balaban J connectivity index is 2.12. The molecule has 32 heavy (non-hydrogen) atoms. The van der Waals surface area contributed by atoms with Crippen LogP contribution in [0, 0.1) is 0 Å². The molecule has 1 amide bonds. The van der Waals surface area contributed by atoms with E-state index < -0.39 is 41.8 Å². The Hall–Kier alpha value is -3.35. The second-order valence-corrected chi connectivity index (χ2v) is 8.54. The highest BCUT2D eigenvalue weighted by Gasteiger charge is 2.49. The van der Waals surface area contributed by atoms with E-state index >= 15 is 0 Å². The Morgan fingerprint density at radius 2 is 1.53 bits per heavy atom. The molecule has 0 N–H and O–H groups in total. The zero-order chi connectivity index (χ0) is 23.3. The lowest BCUT2D eigenvalue weighted by atomic mass is 9.90. The Bertz CT molecular complexity index is 938. The van der Waals surface area contributed by atoms with Crippen molar-refractivity contribution in [2.45, 2.75) is 57.9 Å². The molecule has 3 atom stereocenters. The molecule has 3 rings (SSSR count). The number of hydrogen-bond acceptors (Lipinski definition) is 6. The number of benzene rings is 2. The zero-order valence-corrected chi connectivity index (χ0v) is 18.8. The molecule has 170 valence electrons. The molecule has 0 spiro atoms. The molecule has 0 aliphatic carbocycles. The fraction of sp³-hybridized carbons (Fsp3) is 0.400. The summed E-state index contributed by atoms with van der Waals surface area (Å²) in [6.45, 7) is 7.10.